The van der Waals surface area contributed by atoms with Crippen LogP contribution in [0.25, 0.3) is 5.69 Å². The van der Waals surface area contributed by atoms with Gasteiger partial charge in [-0.2, -0.15) is 8.99 Å². The Morgan fingerprint density at radius 1 is 1.00 bits per heavy atom. The smallest absolute Gasteiger partial charge is 0.271 e. The molecule has 152 valence electrons. The normalized spacial score (nSPS) is 16.0. The van der Waals surface area contributed by atoms with E-state index in [1.165, 1.54) is 27.6 Å². The average Bonchev–Trinajstić information content (AvgIpc) is 3.15. The van der Waals surface area contributed by atoms with E-state index in [-0.39, 0.29) is 10.6 Å². The Morgan fingerprint density at radius 3 is 2.52 bits per heavy atom. The van der Waals surface area contributed by atoms with Crippen LogP contribution in [0.2, 0.25) is 5.02 Å². The second-order valence-electron chi connectivity index (χ2n) is 6.58. The second kappa shape index (κ2) is 7.97. The molecule has 0 amide bonds. The summed E-state index contributed by atoms with van der Waals surface area (Å²) in [5.41, 5.74) is 0.355. The van der Waals surface area contributed by atoms with Crippen LogP contribution in [0.1, 0.15) is 6.42 Å². The van der Waals surface area contributed by atoms with E-state index in [9.17, 15) is 13.2 Å². The Hall–Kier alpha value is -2.69. The number of H-pyrrole nitrogens is 1. The summed E-state index contributed by atoms with van der Waals surface area (Å²) in [6.07, 6.45) is 3.29. The lowest BCUT2D eigenvalue weighted by molar-refractivity contribution is 0.431. The molecule has 4 rings (SSSR count). The number of benzene rings is 1. The molecule has 11 heteroatoms. The zero-order valence-electron chi connectivity index (χ0n) is 15.4. The highest BCUT2D eigenvalue weighted by molar-refractivity contribution is 7.89. The summed E-state index contributed by atoms with van der Waals surface area (Å²) in [7, 11) is -3.61. The van der Waals surface area contributed by atoms with E-state index in [0.717, 1.165) is 0 Å². The van der Waals surface area contributed by atoms with Crippen LogP contribution in [0.4, 0.5) is 5.82 Å². The number of nitrogens with zero attached hydrogens (tertiary/aromatic N) is 5. The van der Waals surface area contributed by atoms with Gasteiger partial charge >= 0.3 is 0 Å². The molecule has 1 N–H and O–H groups in total. The predicted molar refractivity (Wildman–Crippen MR) is 109 cm³/mol. The maximum Gasteiger partial charge on any atom is 0.271 e. The van der Waals surface area contributed by atoms with Crippen molar-refractivity contribution in [1.82, 2.24) is 24.1 Å². The van der Waals surface area contributed by atoms with Crippen LogP contribution in [0.5, 0.6) is 0 Å². The molecular formula is C18H19ClN6O3S. The van der Waals surface area contributed by atoms with Crippen molar-refractivity contribution >= 4 is 27.4 Å². The quantitative estimate of drug-likeness (QED) is 0.667. The van der Waals surface area contributed by atoms with Crippen molar-refractivity contribution in [2.45, 2.75) is 11.4 Å². The van der Waals surface area contributed by atoms with Crippen LogP contribution in [-0.2, 0) is 10.0 Å². The molecule has 0 spiro atoms. The van der Waals surface area contributed by atoms with Gasteiger partial charge in [-0.15, -0.1) is 5.10 Å². The molecule has 1 saturated heterocycles. The van der Waals surface area contributed by atoms with Gasteiger partial charge in [0.2, 0.25) is 0 Å². The van der Waals surface area contributed by atoms with Gasteiger partial charge in [0.05, 0.1) is 18.2 Å². The third-order valence-electron chi connectivity index (χ3n) is 4.73. The van der Waals surface area contributed by atoms with Gasteiger partial charge < -0.3 is 9.88 Å². The van der Waals surface area contributed by atoms with E-state index in [0.29, 0.717) is 49.1 Å². The largest absolute Gasteiger partial charge is 0.354 e. The van der Waals surface area contributed by atoms with Crippen LogP contribution in [0, 0.1) is 0 Å². The fraction of sp³-hybridized carbons (Fsp3) is 0.278. The van der Waals surface area contributed by atoms with Gasteiger partial charge in [-0.1, -0.05) is 11.6 Å². The highest BCUT2D eigenvalue weighted by atomic mass is 35.5. The average molecular weight is 435 g/mol. The SMILES string of the molecule is O=c1ccc(N2CCCN(S(=O)(=O)c3cnc[nH]3)CC2)nn1-c1ccc(Cl)cc1. The molecule has 0 radical (unpaired) electrons. The van der Waals surface area contributed by atoms with E-state index in [1.807, 2.05) is 4.90 Å². The van der Waals surface area contributed by atoms with Gasteiger partial charge in [-0.3, -0.25) is 4.79 Å². The van der Waals surface area contributed by atoms with Gasteiger partial charge in [-0.05, 0) is 36.8 Å². The summed E-state index contributed by atoms with van der Waals surface area (Å²) in [6, 6.07) is 9.96. The number of rotatable bonds is 4. The monoisotopic (exact) mass is 434 g/mol. The fourth-order valence-corrected chi connectivity index (χ4v) is 4.72. The standard InChI is InChI=1S/C18H19ClN6O3S/c19-14-2-4-15(5-3-14)25-18(26)7-6-16(22-25)23-8-1-9-24(11-10-23)29(27,28)17-12-20-13-21-17/h2-7,12-13H,1,8-11H2,(H,20,21). The van der Waals surface area contributed by atoms with Crippen LogP contribution >= 0.6 is 11.6 Å². The van der Waals surface area contributed by atoms with Gasteiger partial charge in [0.1, 0.15) is 5.82 Å². The Labute approximate surface area is 172 Å². The van der Waals surface area contributed by atoms with E-state index >= 15 is 0 Å². The molecular weight excluding hydrogens is 416 g/mol. The first kappa shape index (κ1) is 19.6. The molecule has 1 aliphatic rings. The molecule has 1 fully saturated rings. The van der Waals surface area contributed by atoms with Gasteiger partial charge in [0.15, 0.2) is 5.03 Å². The number of anilines is 1. The van der Waals surface area contributed by atoms with Crippen molar-refractivity contribution in [3.8, 4) is 5.69 Å². The molecule has 3 heterocycles. The molecule has 3 aromatic rings. The van der Waals surface area contributed by atoms with E-state index in [1.54, 1.807) is 30.3 Å². The van der Waals surface area contributed by atoms with Crippen molar-refractivity contribution in [2.24, 2.45) is 0 Å². The summed E-state index contributed by atoms with van der Waals surface area (Å²) in [6.45, 7) is 1.79. The van der Waals surface area contributed by atoms with E-state index in [2.05, 4.69) is 15.1 Å². The lowest BCUT2D eigenvalue weighted by atomic mass is 10.3. The highest BCUT2D eigenvalue weighted by Gasteiger charge is 2.28. The molecule has 0 unspecified atom stereocenters. The minimum absolute atomic E-state index is 0.0837. The number of aromatic nitrogens is 4. The lowest BCUT2D eigenvalue weighted by Gasteiger charge is -2.22. The highest BCUT2D eigenvalue weighted by Crippen LogP contribution is 2.18. The van der Waals surface area contributed by atoms with Crippen molar-refractivity contribution in [3.63, 3.8) is 0 Å². The van der Waals surface area contributed by atoms with Crippen molar-refractivity contribution in [3.05, 3.63) is 64.3 Å². The Balaban J connectivity index is 1.56. The third kappa shape index (κ3) is 4.04. The van der Waals surface area contributed by atoms with E-state index in [4.69, 9.17) is 11.6 Å². The zero-order valence-corrected chi connectivity index (χ0v) is 17.0. The minimum atomic E-state index is -3.61. The minimum Gasteiger partial charge on any atom is -0.354 e. The van der Waals surface area contributed by atoms with Crippen LogP contribution in [0.15, 0.2) is 58.7 Å². The molecule has 0 bridgehead atoms. The summed E-state index contributed by atoms with van der Waals surface area (Å²) in [5.74, 6) is 0.611. The molecule has 1 aromatic carbocycles. The summed E-state index contributed by atoms with van der Waals surface area (Å²) >= 11 is 5.92. The number of halogens is 1. The van der Waals surface area contributed by atoms with Crippen LogP contribution in [0.3, 0.4) is 0 Å². The third-order valence-corrected chi connectivity index (χ3v) is 6.80. The molecule has 1 aliphatic heterocycles. The van der Waals surface area contributed by atoms with Crippen molar-refractivity contribution in [1.29, 1.82) is 0 Å². The summed E-state index contributed by atoms with van der Waals surface area (Å²) in [5, 5.41) is 5.13. The molecule has 2 aromatic heterocycles. The molecule has 29 heavy (non-hydrogen) atoms. The van der Waals surface area contributed by atoms with Crippen molar-refractivity contribution < 1.29 is 8.42 Å². The first-order chi connectivity index (χ1) is 13.9. The number of hydrogen-bond acceptors (Lipinski definition) is 6. The Morgan fingerprint density at radius 2 is 1.79 bits per heavy atom. The maximum absolute atomic E-state index is 12.7. The topological polar surface area (TPSA) is 104 Å². The molecule has 0 saturated carbocycles. The fourth-order valence-electron chi connectivity index (χ4n) is 3.22. The second-order valence-corrected chi connectivity index (χ2v) is 8.92. The maximum atomic E-state index is 12.7. The first-order valence-electron chi connectivity index (χ1n) is 9.05. The number of imidazole rings is 1. The molecule has 0 aliphatic carbocycles. The summed E-state index contributed by atoms with van der Waals surface area (Å²) < 4.78 is 28.2. The van der Waals surface area contributed by atoms with Crippen molar-refractivity contribution in [2.75, 3.05) is 31.1 Å². The lowest BCUT2D eigenvalue weighted by Crippen LogP contribution is -2.36. The predicted octanol–water partition coefficient (Wildman–Crippen LogP) is 1.51. The number of sulfonamides is 1. The zero-order chi connectivity index (χ0) is 20.4. The Kier molecular flexibility index (Phi) is 5.39. The number of nitrogens with one attached hydrogen (secondary N) is 1. The Bertz CT molecular complexity index is 1150. The number of aromatic amines is 1. The molecule has 0 atom stereocenters. The van der Waals surface area contributed by atoms with Crippen LogP contribution in [-0.4, -0.2) is 58.7 Å². The summed E-state index contributed by atoms with van der Waals surface area (Å²) in [4.78, 5) is 20.7. The van der Waals surface area contributed by atoms with Gasteiger partial charge in [-0.25, -0.2) is 13.4 Å². The van der Waals surface area contributed by atoms with Gasteiger partial charge in [0, 0.05) is 37.3 Å². The van der Waals surface area contributed by atoms with Gasteiger partial charge in [0.25, 0.3) is 15.6 Å². The molecule has 9 nitrogen and oxygen atoms in total. The first-order valence-corrected chi connectivity index (χ1v) is 10.9. The van der Waals surface area contributed by atoms with E-state index < -0.39 is 10.0 Å². The van der Waals surface area contributed by atoms with Crippen LogP contribution < -0.4 is 10.5 Å². The number of hydrogen-bond donors (Lipinski definition) is 1.